The highest BCUT2D eigenvalue weighted by Gasteiger charge is 2.34. The normalized spacial score (nSPS) is 16.5. The molecule has 0 saturated carbocycles. The molecule has 3 N–H and O–H groups in total. The number of halogens is 4. The molecule has 0 unspecified atom stereocenters. The van der Waals surface area contributed by atoms with Crippen molar-refractivity contribution in [3.8, 4) is 5.75 Å². The molecule has 0 spiro atoms. The van der Waals surface area contributed by atoms with E-state index >= 15 is 0 Å². The number of likely N-dealkylation sites (tertiary alicyclic amines) is 1. The second-order valence-electron chi connectivity index (χ2n) is 9.94. The summed E-state index contributed by atoms with van der Waals surface area (Å²) in [6.07, 6.45) is 2.75. The van der Waals surface area contributed by atoms with Crippen molar-refractivity contribution in [2.75, 3.05) is 45.2 Å². The maximum atomic E-state index is 13.8. The van der Waals surface area contributed by atoms with Gasteiger partial charge < -0.3 is 25.2 Å². The van der Waals surface area contributed by atoms with Crippen LogP contribution >= 0.6 is 0 Å². The lowest BCUT2D eigenvalue weighted by molar-refractivity contribution is 0.0246. The first-order chi connectivity index (χ1) is 18.3. The lowest BCUT2D eigenvalue weighted by Crippen LogP contribution is -2.43. The average Bonchev–Trinajstić information content (AvgIpc) is 2.92. The van der Waals surface area contributed by atoms with Crippen molar-refractivity contribution >= 4 is 16.6 Å². The Kier molecular flexibility index (Phi) is 9.07. The number of nitrogens with one attached hydrogen (secondary N) is 1. The van der Waals surface area contributed by atoms with Crippen molar-refractivity contribution in [2.24, 2.45) is 5.41 Å². The van der Waals surface area contributed by atoms with E-state index in [9.17, 15) is 27.8 Å². The van der Waals surface area contributed by atoms with Crippen LogP contribution in [0.5, 0.6) is 5.75 Å². The molecule has 2 aromatic carbocycles. The Bertz CT molecular complexity index is 1220. The van der Waals surface area contributed by atoms with Gasteiger partial charge in [-0.25, -0.2) is 17.6 Å². The van der Waals surface area contributed by atoms with Crippen molar-refractivity contribution < 1.29 is 32.5 Å². The number of hydrogen-bond donors (Lipinski definition) is 3. The van der Waals surface area contributed by atoms with Gasteiger partial charge in [0.05, 0.1) is 18.7 Å². The van der Waals surface area contributed by atoms with Crippen LogP contribution in [0.25, 0.3) is 10.9 Å². The largest absolute Gasteiger partial charge is 0.497 e. The molecule has 1 aromatic heterocycles. The van der Waals surface area contributed by atoms with Crippen LogP contribution in [0.2, 0.25) is 0 Å². The van der Waals surface area contributed by atoms with E-state index < -0.39 is 35.6 Å². The summed E-state index contributed by atoms with van der Waals surface area (Å²) in [5.74, 6) is -2.34. The van der Waals surface area contributed by atoms with Crippen LogP contribution in [-0.4, -0.2) is 60.0 Å². The predicted molar refractivity (Wildman–Crippen MR) is 137 cm³/mol. The minimum Gasteiger partial charge on any atom is -0.497 e. The van der Waals surface area contributed by atoms with Gasteiger partial charge in [-0.2, -0.15) is 0 Å². The van der Waals surface area contributed by atoms with Crippen molar-refractivity contribution in [3.63, 3.8) is 0 Å². The van der Waals surface area contributed by atoms with E-state index in [1.165, 1.54) is 13.3 Å². The molecule has 1 fully saturated rings. The molecule has 6 nitrogen and oxygen atoms in total. The van der Waals surface area contributed by atoms with E-state index in [1.54, 1.807) is 18.2 Å². The molecule has 0 radical (unpaired) electrons. The van der Waals surface area contributed by atoms with Gasteiger partial charge in [0.25, 0.3) is 0 Å². The van der Waals surface area contributed by atoms with Gasteiger partial charge in [-0.15, -0.1) is 0 Å². The fraction of sp³-hybridized carbons (Fsp3) is 0.464. The van der Waals surface area contributed by atoms with E-state index in [2.05, 4.69) is 15.2 Å². The number of ether oxygens (including phenoxy) is 1. The maximum Gasteiger partial charge on any atom is 0.152 e. The van der Waals surface area contributed by atoms with Gasteiger partial charge in [0, 0.05) is 49.0 Å². The first kappa shape index (κ1) is 28.1. The van der Waals surface area contributed by atoms with Gasteiger partial charge in [0.15, 0.2) is 11.6 Å². The average molecular weight is 536 g/mol. The minimum absolute atomic E-state index is 0.0430. The van der Waals surface area contributed by atoms with Crippen LogP contribution in [0.1, 0.15) is 42.9 Å². The molecule has 0 bridgehead atoms. The Morgan fingerprint density at radius 3 is 2.47 bits per heavy atom. The van der Waals surface area contributed by atoms with Crippen LogP contribution in [0, 0.1) is 22.9 Å². The van der Waals surface area contributed by atoms with Crippen molar-refractivity contribution in [2.45, 2.75) is 38.5 Å². The standard InChI is InChI=1S/C28H33F4N3O3/c1-38-20-2-3-24-21(14-20)26(18(15-29)16-34-24)25(37)4-5-28(17-36)6-9-35(10-7-28)11-8-33-27-22(31)12-19(30)13-23(27)32/h2-3,12-14,16,25,33,36-37H,4-11,15,17H2,1H3/t25-/m0/s1. The topological polar surface area (TPSA) is 77.8 Å². The Morgan fingerprint density at radius 2 is 1.84 bits per heavy atom. The quantitative estimate of drug-likeness (QED) is 0.296. The van der Waals surface area contributed by atoms with E-state index in [1.807, 2.05) is 0 Å². The van der Waals surface area contributed by atoms with Crippen molar-refractivity contribution in [1.82, 2.24) is 9.88 Å². The summed E-state index contributed by atoms with van der Waals surface area (Å²) in [6.45, 7) is 1.32. The van der Waals surface area contributed by atoms with Gasteiger partial charge in [0.2, 0.25) is 0 Å². The van der Waals surface area contributed by atoms with Crippen LogP contribution in [0.15, 0.2) is 36.5 Å². The zero-order chi connectivity index (χ0) is 27.3. The molecule has 0 amide bonds. The summed E-state index contributed by atoms with van der Waals surface area (Å²) in [5, 5.41) is 24.7. The number of nitrogens with zero attached hydrogens (tertiary/aromatic N) is 2. The number of benzene rings is 2. The molecule has 10 heteroatoms. The fourth-order valence-corrected chi connectivity index (χ4v) is 5.24. The third-order valence-corrected chi connectivity index (χ3v) is 7.61. The summed E-state index contributed by atoms with van der Waals surface area (Å²) in [6, 6.07) is 6.55. The Hall–Kier alpha value is -2.95. The minimum atomic E-state index is -0.977. The van der Waals surface area contributed by atoms with Gasteiger partial charge >= 0.3 is 0 Å². The van der Waals surface area contributed by atoms with Gasteiger partial charge in [0.1, 0.15) is 23.9 Å². The summed E-state index contributed by atoms with van der Waals surface area (Å²) in [7, 11) is 1.54. The van der Waals surface area contributed by atoms with Crippen LogP contribution in [0.3, 0.4) is 0 Å². The lowest BCUT2D eigenvalue weighted by atomic mass is 9.74. The second-order valence-corrected chi connectivity index (χ2v) is 9.94. The summed E-state index contributed by atoms with van der Waals surface area (Å²) < 4.78 is 59.9. The van der Waals surface area contributed by atoms with E-state index in [-0.39, 0.29) is 18.8 Å². The monoisotopic (exact) mass is 535 g/mol. The Balaban J connectivity index is 1.35. The highest BCUT2D eigenvalue weighted by molar-refractivity contribution is 5.85. The van der Waals surface area contributed by atoms with Gasteiger partial charge in [-0.3, -0.25) is 4.98 Å². The molecular weight excluding hydrogens is 502 g/mol. The summed E-state index contributed by atoms with van der Waals surface area (Å²) >= 11 is 0. The van der Waals surface area contributed by atoms with Gasteiger partial charge in [-0.1, -0.05) is 0 Å². The number of methoxy groups -OCH3 is 1. The molecule has 2 heterocycles. The smallest absolute Gasteiger partial charge is 0.152 e. The number of anilines is 1. The fourth-order valence-electron chi connectivity index (χ4n) is 5.24. The van der Waals surface area contributed by atoms with Crippen LogP contribution in [0.4, 0.5) is 23.2 Å². The number of aromatic nitrogens is 1. The van der Waals surface area contributed by atoms with Crippen LogP contribution < -0.4 is 10.1 Å². The molecule has 1 saturated heterocycles. The zero-order valence-corrected chi connectivity index (χ0v) is 21.3. The first-order valence-electron chi connectivity index (χ1n) is 12.7. The third-order valence-electron chi connectivity index (χ3n) is 7.61. The number of aliphatic hydroxyl groups is 2. The van der Waals surface area contributed by atoms with E-state index in [0.29, 0.717) is 85.2 Å². The SMILES string of the molecule is COc1ccc2ncc(CF)c([C@@H](O)CCC3(CO)CCN(CCNc4c(F)cc(F)cc4F)CC3)c2c1. The predicted octanol–water partition coefficient (Wildman–Crippen LogP) is 5.13. The van der Waals surface area contributed by atoms with E-state index in [4.69, 9.17) is 4.74 Å². The number of fused-ring (bicyclic) bond motifs is 1. The number of pyridine rings is 1. The number of aliphatic hydroxyl groups excluding tert-OH is 2. The summed E-state index contributed by atoms with van der Waals surface area (Å²) in [5.41, 5.74) is 0.712. The number of rotatable bonds is 11. The first-order valence-corrected chi connectivity index (χ1v) is 12.7. The molecule has 1 aliphatic rings. The molecular formula is C28H33F4N3O3. The molecule has 38 heavy (non-hydrogen) atoms. The number of piperidine rings is 1. The van der Waals surface area contributed by atoms with Crippen LogP contribution in [-0.2, 0) is 6.67 Å². The molecule has 206 valence electrons. The van der Waals surface area contributed by atoms with Crippen molar-refractivity contribution in [1.29, 1.82) is 0 Å². The summed E-state index contributed by atoms with van der Waals surface area (Å²) in [4.78, 5) is 6.43. The molecule has 1 aliphatic heterocycles. The molecule has 0 aliphatic carbocycles. The molecule has 1 atom stereocenters. The maximum absolute atomic E-state index is 13.8. The highest BCUT2D eigenvalue weighted by Crippen LogP contribution is 2.40. The van der Waals surface area contributed by atoms with Crippen molar-refractivity contribution in [3.05, 3.63) is 65.1 Å². The van der Waals surface area contributed by atoms with E-state index in [0.717, 1.165) is 0 Å². The molecule has 3 aromatic rings. The zero-order valence-electron chi connectivity index (χ0n) is 21.3. The molecule has 4 rings (SSSR count). The highest BCUT2D eigenvalue weighted by atomic mass is 19.1. The second kappa shape index (κ2) is 12.3. The number of alkyl halides is 1. The Labute approximate surface area is 219 Å². The van der Waals surface area contributed by atoms with Gasteiger partial charge in [-0.05, 0) is 68.0 Å². The number of hydrogen-bond acceptors (Lipinski definition) is 6. The lowest BCUT2D eigenvalue weighted by Gasteiger charge is -2.41. The Morgan fingerprint density at radius 1 is 1.13 bits per heavy atom. The third kappa shape index (κ3) is 6.19.